The van der Waals surface area contributed by atoms with Crippen molar-refractivity contribution in [3.8, 4) is 0 Å². The molecule has 1 saturated heterocycles. The third kappa shape index (κ3) is 3.80. The molecule has 1 fully saturated rings. The number of piperazine rings is 1. The molecule has 0 radical (unpaired) electrons. The molecule has 2 aromatic heterocycles. The number of hydrogen-bond acceptors (Lipinski definition) is 6. The molecule has 0 atom stereocenters. The third-order valence-electron chi connectivity index (χ3n) is 5.13. The van der Waals surface area contributed by atoms with Crippen molar-refractivity contribution in [3.63, 3.8) is 0 Å². The minimum atomic E-state index is 0.193. The molecule has 0 saturated carbocycles. The SMILES string of the molecule is CCc1cc2c(N3CCN(C(=O)Cc4ccccc4)CC3)nc(NC)nc2s1. The molecule has 0 aliphatic carbocycles. The molecule has 0 bridgehead atoms. The predicted octanol–water partition coefficient (Wildman–Crippen LogP) is 3.19. The maximum absolute atomic E-state index is 12.6. The fourth-order valence-corrected chi connectivity index (χ4v) is 4.50. The van der Waals surface area contributed by atoms with E-state index >= 15 is 0 Å². The van der Waals surface area contributed by atoms with Crippen LogP contribution in [0.3, 0.4) is 0 Å². The Labute approximate surface area is 169 Å². The number of anilines is 2. The van der Waals surface area contributed by atoms with E-state index in [1.54, 1.807) is 11.3 Å². The topological polar surface area (TPSA) is 61.4 Å². The van der Waals surface area contributed by atoms with Gasteiger partial charge in [-0.2, -0.15) is 4.98 Å². The van der Waals surface area contributed by atoms with Crippen LogP contribution in [0.2, 0.25) is 0 Å². The van der Waals surface area contributed by atoms with Crippen molar-refractivity contribution < 1.29 is 4.79 Å². The summed E-state index contributed by atoms with van der Waals surface area (Å²) in [6.07, 6.45) is 1.46. The summed E-state index contributed by atoms with van der Waals surface area (Å²) in [5, 5.41) is 4.19. The van der Waals surface area contributed by atoms with Crippen LogP contribution < -0.4 is 10.2 Å². The van der Waals surface area contributed by atoms with E-state index in [9.17, 15) is 4.79 Å². The first-order valence-corrected chi connectivity index (χ1v) is 10.5. The van der Waals surface area contributed by atoms with E-state index in [0.29, 0.717) is 12.4 Å². The number of nitrogens with one attached hydrogen (secondary N) is 1. The number of aromatic nitrogens is 2. The molecule has 1 aliphatic heterocycles. The normalized spacial score (nSPS) is 14.5. The molecule has 3 heterocycles. The number of fused-ring (bicyclic) bond motifs is 1. The van der Waals surface area contributed by atoms with E-state index in [-0.39, 0.29) is 5.91 Å². The number of carbonyl (C=O) groups excluding carboxylic acids is 1. The zero-order valence-corrected chi connectivity index (χ0v) is 17.1. The van der Waals surface area contributed by atoms with Crippen molar-refractivity contribution in [2.24, 2.45) is 0 Å². The highest BCUT2D eigenvalue weighted by Crippen LogP contribution is 2.32. The van der Waals surface area contributed by atoms with Crippen LogP contribution in [0.25, 0.3) is 10.2 Å². The lowest BCUT2D eigenvalue weighted by molar-refractivity contribution is -0.130. The third-order valence-corrected chi connectivity index (χ3v) is 6.30. The van der Waals surface area contributed by atoms with E-state index in [0.717, 1.165) is 54.2 Å². The molecule has 6 nitrogen and oxygen atoms in total. The number of amides is 1. The predicted molar refractivity (Wildman–Crippen MR) is 115 cm³/mol. The number of aryl methyl sites for hydroxylation is 1. The van der Waals surface area contributed by atoms with Gasteiger partial charge in [0.2, 0.25) is 11.9 Å². The molecule has 28 heavy (non-hydrogen) atoms. The van der Waals surface area contributed by atoms with Crippen LogP contribution in [-0.2, 0) is 17.6 Å². The zero-order chi connectivity index (χ0) is 19.5. The van der Waals surface area contributed by atoms with Gasteiger partial charge < -0.3 is 15.1 Å². The lowest BCUT2D eigenvalue weighted by atomic mass is 10.1. The Morgan fingerprint density at radius 3 is 2.57 bits per heavy atom. The second kappa shape index (κ2) is 8.14. The Morgan fingerprint density at radius 2 is 1.89 bits per heavy atom. The Balaban J connectivity index is 1.49. The van der Waals surface area contributed by atoms with Crippen LogP contribution in [0.5, 0.6) is 0 Å². The highest BCUT2D eigenvalue weighted by Gasteiger charge is 2.24. The fourth-order valence-electron chi connectivity index (χ4n) is 3.53. The van der Waals surface area contributed by atoms with Crippen molar-refractivity contribution in [3.05, 3.63) is 46.8 Å². The van der Waals surface area contributed by atoms with Crippen LogP contribution in [0, 0.1) is 0 Å². The standard InChI is InChI=1S/C21H25N5OS/c1-3-16-14-17-19(23-21(22-2)24-20(17)28-16)26-11-9-25(10-12-26)18(27)13-15-7-5-4-6-8-15/h4-8,14H,3,9-13H2,1-2H3,(H,22,23,24). The average Bonchev–Trinajstić information content (AvgIpc) is 3.17. The van der Waals surface area contributed by atoms with E-state index in [1.165, 1.54) is 4.88 Å². The van der Waals surface area contributed by atoms with Crippen LogP contribution in [0.1, 0.15) is 17.4 Å². The molecular weight excluding hydrogens is 370 g/mol. The Morgan fingerprint density at radius 1 is 1.14 bits per heavy atom. The number of nitrogens with zero attached hydrogens (tertiary/aromatic N) is 4. The Hall–Kier alpha value is -2.67. The van der Waals surface area contributed by atoms with Crippen molar-refractivity contribution in [1.82, 2.24) is 14.9 Å². The zero-order valence-electron chi connectivity index (χ0n) is 16.3. The summed E-state index contributed by atoms with van der Waals surface area (Å²) in [5.41, 5.74) is 1.07. The van der Waals surface area contributed by atoms with Gasteiger partial charge in [-0.25, -0.2) is 4.98 Å². The molecule has 7 heteroatoms. The molecule has 0 unspecified atom stereocenters. The van der Waals surface area contributed by atoms with Gasteiger partial charge in [0, 0.05) is 38.1 Å². The van der Waals surface area contributed by atoms with E-state index in [2.05, 4.69) is 28.2 Å². The van der Waals surface area contributed by atoms with Gasteiger partial charge >= 0.3 is 0 Å². The molecule has 4 rings (SSSR count). The summed E-state index contributed by atoms with van der Waals surface area (Å²) in [7, 11) is 1.85. The summed E-state index contributed by atoms with van der Waals surface area (Å²) in [5.74, 6) is 1.81. The second-order valence-electron chi connectivity index (χ2n) is 6.94. The molecule has 146 valence electrons. The number of rotatable bonds is 5. The first-order chi connectivity index (χ1) is 13.7. The summed E-state index contributed by atoms with van der Waals surface area (Å²) in [4.78, 5) is 28.6. The lowest BCUT2D eigenvalue weighted by Crippen LogP contribution is -2.49. The van der Waals surface area contributed by atoms with Crippen LogP contribution in [0.15, 0.2) is 36.4 Å². The van der Waals surface area contributed by atoms with Crippen LogP contribution in [-0.4, -0.2) is 54.0 Å². The maximum Gasteiger partial charge on any atom is 0.227 e. The number of thiophene rings is 1. The van der Waals surface area contributed by atoms with Crippen LogP contribution >= 0.6 is 11.3 Å². The summed E-state index contributed by atoms with van der Waals surface area (Å²) < 4.78 is 0. The second-order valence-corrected chi connectivity index (χ2v) is 8.05. The van der Waals surface area contributed by atoms with E-state index < -0.39 is 0 Å². The smallest absolute Gasteiger partial charge is 0.227 e. The Bertz CT molecular complexity index is 964. The molecule has 3 aromatic rings. The van der Waals surface area contributed by atoms with Gasteiger partial charge in [-0.05, 0) is 18.1 Å². The lowest BCUT2D eigenvalue weighted by Gasteiger charge is -2.35. The minimum Gasteiger partial charge on any atom is -0.357 e. The minimum absolute atomic E-state index is 0.193. The first-order valence-electron chi connectivity index (χ1n) is 9.72. The first kappa shape index (κ1) is 18.7. The summed E-state index contributed by atoms with van der Waals surface area (Å²) >= 11 is 1.73. The molecule has 1 N–H and O–H groups in total. The Kier molecular flexibility index (Phi) is 5.43. The molecular formula is C21H25N5OS. The summed E-state index contributed by atoms with van der Waals surface area (Å²) in [6.45, 7) is 5.17. The van der Waals surface area contributed by atoms with E-state index in [1.807, 2.05) is 42.3 Å². The van der Waals surface area contributed by atoms with Crippen LogP contribution in [0.4, 0.5) is 11.8 Å². The van der Waals surface area contributed by atoms with Gasteiger partial charge in [-0.1, -0.05) is 37.3 Å². The highest BCUT2D eigenvalue weighted by atomic mass is 32.1. The molecule has 1 amide bonds. The molecule has 1 aromatic carbocycles. The monoisotopic (exact) mass is 395 g/mol. The largest absolute Gasteiger partial charge is 0.357 e. The number of carbonyl (C=O) groups is 1. The fraction of sp³-hybridized carbons (Fsp3) is 0.381. The van der Waals surface area contributed by atoms with E-state index in [4.69, 9.17) is 4.98 Å². The molecule has 1 aliphatic rings. The number of benzene rings is 1. The van der Waals surface area contributed by atoms with Crippen molar-refractivity contribution in [2.45, 2.75) is 19.8 Å². The average molecular weight is 396 g/mol. The van der Waals surface area contributed by atoms with Crippen molar-refractivity contribution >= 4 is 39.2 Å². The summed E-state index contributed by atoms with van der Waals surface area (Å²) in [6, 6.07) is 12.2. The van der Waals surface area contributed by atoms with Crippen molar-refractivity contribution in [2.75, 3.05) is 43.4 Å². The van der Waals surface area contributed by atoms with Gasteiger partial charge in [0.1, 0.15) is 10.6 Å². The van der Waals surface area contributed by atoms with Gasteiger partial charge in [0.15, 0.2) is 0 Å². The van der Waals surface area contributed by atoms with Crippen molar-refractivity contribution in [1.29, 1.82) is 0 Å². The van der Waals surface area contributed by atoms with Gasteiger partial charge in [-0.15, -0.1) is 11.3 Å². The van der Waals surface area contributed by atoms with Gasteiger partial charge in [0.05, 0.1) is 11.8 Å². The van der Waals surface area contributed by atoms with Gasteiger partial charge in [0.25, 0.3) is 0 Å². The maximum atomic E-state index is 12.6. The van der Waals surface area contributed by atoms with Gasteiger partial charge in [-0.3, -0.25) is 4.79 Å². The molecule has 0 spiro atoms. The quantitative estimate of drug-likeness (QED) is 0.719. The number of hydrogen-bond donors (Lipinski definition) is 1. The highest BCUT2D eigenvalue weighted by molar-refractivity contribution is 7.18.